The van der Waals surface area contributed by atoms with Gasteiger partial charge in [0, 0.05) is 31.2 Å². The van der Waals surface area contributed by atoms with Gasteiger partial charge >= 0.3 is 0 Å². The van der Waals surface area contributed by atoms with Crippen LogP contribution in [0.15, 0.2) is 18.2 Å². The lowest BCUT2D eigenvalue weighted by atomic mass is 9.88. The SMILES string of the molecule is C[C@H]1C[C@H](C)CN(C(C)(C)CNC(=O)COc2ccc(F)cc2F)C1. The highest BCUT2D eigenvalue weighted by molar-refractivity contribution is 5.77. The Balaban J connectivity index is 1.82. The summed E-state index contributed by atoms with van der Waals surface area (Å²) in [5.41, 5.74) is -0.167. The Morgan fingerprint density at radius 1 is 1.28 bits per heavy atom. The summed E-state index contributed by atoms with van der Waals surface area (Å²) in [5, 5.41) is 2.85. The molecule has 1 saturated heterocycles. The maximum Gasteiger partial charge on any atom is 0.258 e. The summed E-state index contributed by atoms with van der Waals surface area (Å²) in [6.45, 7) is 10.9. The molecule has 0 unspecified atom stereocenters. The fourth-order valence-corrected chi connectivity index (χ4v) is 3.37. The second kappa shape index (κ2) is 8.13. The molecule has 4 nitrogen and oxygen atoms in total. The number of nitrogens with one attached hydrogen (secondary N) is 1. The number of nitrogens with zero attached hydrogens (tertiary/aromatic N) is 1. The van der Waals surface area contributed by atoms with Crippen LogP contribution in [-0.4, -0.2) is 42.6 Å². The van der Waals surface area contributed by atoms with Crippen LogP contribution in [0.2, 0.25) is 0 Å². The first-order chi connectivity index (χ1) is 11.7. The zero-order valence-corrected chi connectivity index (χ0v) is 15.4. The largest absolute Gasteiger partial charge is 0.481 e. The molecule has 1 N–H and O–H groups in total. The van der Waals surface area contributed by atoms with Gasteiger partial charge < -0.3 is 10.1 Å². The Kier molecular flexibility index (Phi) is 6.38. The number of amides is 1. The molecular weight excluding hydrogens is 326 g/mol. The first-order valence-electron chi connectivity index (χ1n) is 8.77. The standard InChI is InChI=1S/C19H28F2N2O2/c1-13-7-14(2)10-23(9-13)19(3,4)12-22-18(24)11-25-17-6-5-15(20)8-16(17)21/h5-6,8,13-14H,7,9-12H2,1-4H3,(H,22,24)/t13-,14-/m0/s1. The van der Waals surface area contributed by atoms with Crippen molar-refractivity contribution in [1.29, 1.82) is 0 Å². The second-order valence-electron chi connectivity index (χ2n) is 7.80. The van der Waals surface area contributed by atoms with E-state index in [-0.39, 0.29) is 23.8 Å². The van der Waals surface area contributed by atoms with Crippen molar-refractivity contribution in [3.8, 4) is 5.75 Å². The molecule has 0 radical (unpaired) electrons. The van der Waals surface area contributed by atoms with E-state index in [1.807, 2.05) is 0 Å². The summed E-state index contributed by atoms with van der Waals surface area (Å²) in [4.78, 5) is 14.4. The van der Waals surface area contributed by atoms with E-state index in [2.05, 4.69) is 37.9 Å². The van der Waals surface area contributed by atoms with Crippen LogP contribution in [0.5, 0.6) is 5.75 Å². The summed E-state index contributed by atoms with van der Waals surface area (Å²) in [5.74, 6) is -0.665. The Bertz CT molecular complexity index is 597. The first-order valence-corrected chi connectivity index (χ1v) is 8.77. The van der Waals surface area contributed by atoms with Crippen molar-refractivity contribution in [2.75, 3.05) is 26.2 Å². The van der Waals surface area contributed by atoms with Crippen LogP contribution in [0.1, 0.15) is 34.1 Å². The van der Waals surface area contributed by atoms with Gasteiger partial charge in [0.2, 0.25) is 0 Å². The predicted molar refractivity (Wildman–Crippen MR) is 93.5 cm³/mol. The molecule has 6 heteroatoms. The monoisotopic (exact) mass is 354 g/mol. The summed E-state index contributed by atoms with van der Waals surface area (Å²) >= 11 is 0. The van der Waals surface area contributed by atoms with Crippen molar-refractivity contribution < 1.29 is 18.3 Å². The number of likely N-dealkylation sites (tertiary alicyclic amines) is 1. The number of ether oxygens (including phenoxy) is 1. The van der Waals surface area contributed by atoms with Gasteiger partial charge in [-0.05, 0) is 44.2 Å². The molecule has 140 valence electrons. The average Bonchev–Trinajstić information content (AvgIpc) is 2.51. The molecule has 1 aliphatic rings. The minimum Gasteiger partial charge on any atom is -0.481 e. The smallest absolute Gasteiger partial charge is 0.258 e. The van der Waals surface area contributed by atoms with E-state index in [0.717, 1.165) is 25.2 Å². The van der Waals surface area contributed by atoms with Crippen LogP contribution in [0.4, 0.5) is 8.78 Å². The number of hydrogen-bond acceptors (Lipinski definition) is 3. The molecule has 2 rings (SSSR count). The van der Waals surface area contributed by atoms with Gasteiger partial charge in [0.1, 0.15) is 5.82 Å². The van der Waals surface area contributed by atoms with Gasteiger partial charge in [-0.2, -0.15) is 0 Å². The van der Waals surface area contributed by atoms with Gasteiger partial charge in [0.15, 0.2) is 18.2 Å². The van der Waals surface area contributed by atoms with E-state index in [1.165, 1.54) is 12.5 Å². The number of rotatable bonds is 6. The third-order valence-corrected chi connectivity index (χ3v) is 4.70. The topological polar surface area (TPSA) is 41.6 Å². The lowest BCUT2D eigenvalue weighted by molar-refractivity contribution is -0.123. The molecule has 1 aliphatic heterocycles. The molecule has 1 amide bonds. The Labute approximate surface area is 148 Å². The second-order valence-corrected chi connectivity index (χ2v) is 7.80. The van der Waals surface area contributed by atoms with Gasteiger partial charge in [-0.15, -0.1) is 0 Å². The average molecular weight is 354 g/mol. The number of halogens is 2. The third kappa shape index (κ3) is 5.66. The van der Waals surface area contributed by atoms with Gasteiger partial charge in [-0.3, -0.25) is 9.69 Å². The highest BCUT2D eigenvalue weighted by Gasteiger charge is 2.32. The van der Waals surface area contributed by atoms with E-state index < -0.39 is 11.6 Å². The van der Waals surface area contributed by atoms with Gasteiger partial charge in [0.05, 0.1) is 0 Å². The van der Waals surface area contributed by atoms with Crippen molar-refractivity contribution in [2.45, 2.75) is 39.7 Å². The maximum atomic E-state index is 13.5. The van der Waals surface area contributed by atoms with Crippen LogP contribution in [-0.2, 0) is 4.79 Å². The van der Waals surface area contributed by atoms with Crippen LogP contribution < -0.4 is 10.1 Å². The van der Waals surface area contributed by atoms with E-state index in [4.69, 9.17) is 4.74 Å². The van der Waals surface area contributed by atoms with E-state index in [0.29, 0.717) is 18.4 Å². The zero-order chi connectivity index (χ0) is 18.6. The first kappa shape index (κ1) is 19.6. The lowest BCUT2D eigenvalue weighted by Crippen LogP contribution is -2.56. The lowest BCUT2D eigenvalue weighted by Gasteiger charge is -2.45. The van der Waals surface area contributed by atoms with E-state index in [1.54, 1.807) is 0 Å². The Morgan fingerprint density at radius 3 is 2.52 bits per heavy atom. The summed E-state index contributed by atoms with van der Waals surface area (Å²) in [7, 11) is 0. The number of benzene rings is 1. The summed E-state index contributed by atoms with van der Waals surface area (Å²) in [6, 6.07) is 3.01. The molecule has 0 saturated carbocycles. The molecule has 0 bridgehead atoms. The molecule has 25 heavy (non-hydrogen) atoms. The number of piperidine rings is 1. The van der Waals surface area contributed by atoms with Gasteiger partial charge in [-0.25, -0.2) is 8.78 Å². The highest BCUT2D eigenvalue weighted by atomic mass is 19.1. The molecule has 0 aromatic heterocycles. The minimum absolute atomic E-state index is 0.130. The van der Waals surface area contributed by atoms with E-state index >= 15 is 0 Å². The summed E-state index contributed by atoms with van der Waals surface area (Å²) < 4.78 is 31.5. The van der Waals surface area contributed by atoms with Crippen molar-refractivity contribution in [3.63, 3.8) is 0 Å². The van der Waals surface area contributed by atoms with Crippen LogP contribution in [0, 0.1) is 23.5 Å². The van der Waals surface area contributed by atoms with Crippen LogP contribution >= 0.6 is 0 Å². The molecule has 2 atom stereocenters. The van der Waals surface area contributed by atoms with Crippen LogP contribution in [0.3, 0.4) is 0 Å². The molecule has 1 heterocycles. The molecule has 1 fully saturated rings. The molecule has 0 spiro atoms. The maximum absolute atomic E-state index is 13.5. The Hall–Kier alpha value is -1.69. The third-order valence-electron chi connectivity index (χ3n) is 4.70. The predicted octanol–water partition coefficient (Wildman–Crippen LogP) is 3.22. The molecule has 0 aliphatic carbocycles. The minimum atomic E-state index is -0.815. The van der Waals surface area contributed by atoms with Crippen molar-refractivity contribution >= 4 is 5.91 Å². The highest BCUT2D eigenvalue weighted by Crippen LogP contribution is 2.26. The number of carbonyl (C=O) groups excluding carboxylic acids is 1. The zero-order valence-electron chi connectivity index (χ0n) is 15.4. The molecule has 1 aromatic rings. The molecule has 1 aromatic carbocycles. The quantitative estimate of drug-likeness (QED) is 0.853. The molecular formula is C19H28F2N2O2. The Morgan fingerprint density at radius 2 is 1.92 bits per heavy atom. The number of carbonyl (C=O) groups is 1. The van der Waals surface area contributed by atoms with Crippen LogP contribution in [0.25, 0.3) is 0 Å². The van der Waals surface area contributed by atoms with Gasteiger partial charge in [0.25, 0.3) is 5.91 Å². The van der Waals surface area contributed by atoms with Crippen molar-refractivity contribution in [1.82, 2.24) is 10.2 Å². The normalized spacial score (nSPS) is 21.8. The van der Waals surface area contributed by atoms with Crippen molar-refractivity contribution in [2.24, 2.45) is 11.8 Å². The number of hydrogen-bond donors (Lipinski definition) is 1. The fourth-order valence-electron chi connectivity index (χ4n) is 3.37. The van der Waals surface area contributed by atoms with E-state index in [9.17, 15) is 13.6 Å². The van der Waals surface area contributed by atoms with Gasteiger partial charge in [-0.1, -0.05) is 13.8 Å². The fraction of sp³-hybridized carbons (Fsp3) is 0.632. The summed E-state index contributed by atoms with van der Waals surface area (Å²) in [6.07, 6.45) is 1.23. The van der Waals surface area contributed by atoms with Crippen molar-refractivity contribution in [3.05, 3.63) is 29.8 Å².